The molecule has 3 nitrogen and oxygen atoms in total. The smallest absolute Gasteiger partial charge is 0.0950 e. The summed E-state index contributed by atoms with van der Waals surface area (Å²) in [5, 5.41) is 3.60. The van der Waals surface area contributed by atoms with E-state index in [1.165, 1.54) is 37.9 Å². The van der Waals surface area contributed by atoms with Gasteiger partial charge < -0.3 is 9.88 Å². The zero-order chi connectivity index (χ0) is 11.4. The van der Waals surface area contributed by atoms with Crippen LogP contribution in [0.1, 0.15) is 51.3 Å². The summed E-state index contributed by atoms with van der Waals surface area (Å²) in [5.74, 6) is 0. The molecule has 1 saturated heterocycles. The van der Waals surface area contributed by atoms with Crippen LogP contribution in [0.5, 0.6) is 0 Å². The van der Waals surface area contributed by atoms with Gasteiger partial charge in [0.2, 0.25) is 0 Å². The zero-order valence-corrected chi connectivity index (χ0v) is 10.4. The predicted molar refractivity (Wildman–Crippen MR) is 66.6 cm³/mol. The van der Waals surface area contributed by atoms with Gasteiger partial charge in [-0.05, 0) is 46.1 Å². The van der Waals surface area contributed by atoms with Gasteiger partial charge in [-0.1, -0.05) is 6.42 Å². The average molecular weight is 221 g/mol. The largest absolute Gasteiger partial charge is 0.332 e. The van der Waals surface area contributed by atoms with Crippen LogP contribution in [0.15, 0.2) is 12.5 Å². The van der Waals surface area contributed by atoms with Crippen molar-refractivity contribution in [3.05, 3.63) is 18.2 Å². The topological polar surface area (TPSA) is 29.9 Å². The minimum absolute atomic E-state index is 0.525. The molecule has 1 N–H and O–H groups in total. The molecular weight excluding hydrogens is 198 g/mol. The van der Waals surface area contributed by atoms with Gasteiger partial charge in [0.05, 0.1) is 6.33 Å². The summed E-state index contributed by atoms with van der Waals surface area (Å²) in [6.07, 6.45) is 10.4. The van der Waals surface area contributed by atoms with Crippen LogP contribution < -0.4 is 5.32 Å². The molecule has 2 heterocycles. The Bertz CT molecular complexity index is 311. The predicted octanol–water partition coefficient (Wildman–Crippen LogP) is 2.54. The molecule has 0 bridgehead atoms. The first kappa shape index (κ1) is 11.6. The molecule has 0 aromatic carbocycles. The SMILES string of the molecule is CC(C)n1cncc1CCC1CCCCN1. The lowest BCUT2D eigenvalue weighted by Gasteiger charge is -2.23. The van der Waals surface area contributed by atoms with Crippen molar-refractivity contribution >= 4 is 0 Å². The molecule has 1 fully saturated rings. The summed E-state index contributed by atoms with van der Waals surface area (Å²) < 4.78 is 2.28. The van der Waals surface area contributed by atoms with Gasteiger partial charge in [-0.25, -0.2) is 4.98 Å². The van der Waals surface area contributed by atoms with Crippen molar-refractivity contribution < 1.29 is 0 Å². The Kier molecular flexibility index (Phi) is 3.99. The molecule has 3 heteroatoms. The van der Waals surface area contributed by atoms with Crippen LogP contribution in [0.2, 0.25) is 0 Å². The van der Waals surface area contributed by atoms with Crippen molar-refractivity contribution in [3.8, 4) is 0 Å². The number of nitrogens with one attached hydrogen (secondary N) is 1. The summed E-state index contributed by atoms with van der Waals surface area (Å²) in [7, 11) is 0. The quantitative estimate of drug-likeness (QED) is 0.846. The monoisotopic (exact) mass is 221 g/mol. The van der Waals surface area contributed by atoms with Crippen LogP contribution in [-0.4, -0.2) is 22.1 Å². The maximum absolute atomic E-state index is 4.25. The Morgan fingerprint density at radius 3 is 3.06 bits per heavy atom. The van der Waals surface area contributed by atoms with Crippen LogP contribution in [0.3, 0.4) is 0 Å². The fraction of sp³-hybridized carbons (Fsp3) is 0.769. The highest BCUT2D eigenvalue weighted by atomic mass is 15.1. The molecule has 2 rings (SSSR count). The summed E-state index contributed by atoms with van der Waals surface area (Å²) in [5.41, 5.74) is 1.38. The van der Waals surface area contributed by atoms with Gasteiger partial charge in [0, 0.05) is 24.0 Å². The molecule has 16 heavy (non-hydrogen) atoms. The molecule has 0 aliphatic carbocycles. The van der Waals surface area contributed by atoms with E-state index < -0.39 is 0 Å². The minimum Gasteiger partial charge on any atom is -0.332 e. The van der Waals surface area contributed by atoms with E-state index >= 15 is 0 Å². The molecule has 1 atom stereocenters. The number of aryl methyl sites for hydroxylation is 1. The molecule has 90 valence electrons. The molecular formula is C13H23N3. The molecule has 0 radical (unpaired) electrons. The van der Waals surface area contributed by atoms with Crippen molar-refractivity contribution in [1.82, 2.24) is 14.9 Å². The molecule has 1 aromatic heterocycles. The van der Waals surface area contributed by atoms with Crippen molar-refractivity contribution in [3.63, 3.8) is 0 Å². The molecule has 1 aliphatic rings. The minimum atomic E-state index is 0.525. The molecule has 0 saturated carbocycles. The van der Waals surface area contributed by atoms with Crippen LogP contribution in [-0.2, 0) is 6.42 Å². The highest BCUT2D eigenvalue weighted by molar-refractivity contribution is 5.00. The average Bonchev–Trinajstić information content (AvgIpc) is 2.76. The molecule has 1 unspecified atom stereocenters. The number of piperidine rings is 1. The summed E-state index contributed by atoms with van der Waals surface area (Å²) in [6, 6.07) is 1.25. The Hall–Kier alpha value is -0.830. The summed E-state index contributed by atoms with van der Waals surface area (Å²) >= 11 is 0. The first-order valence-electron chi connectivity index (χ1n) is 6.51. The lowest BCUT2D eigenvalue weighted by Crippen LogP contribution is -2.34. The Morgan fingerprint density at radius 2 is 2.38 bits per heavy atom. The van der Waals surface area contributed by atoms with Crippen LogP contribution in [0, 0.1) is 0 Å². The van der Waals surface area contributed by atoms with Gasteiger partial charge in [-0.3, -0.25) is 0 Å². The zero-order valence-electron chi connectivity index (χ0n) is 10.4. The van der Waals surface area contributed by atoms with Gasteiger partial charge in [0.25, 0.3) is 0 Å². The maximum Gasteiger partial charge on any atom is 0.0950 e. The lowest BCUT2D eigenvalue weighted by atomic mass is 10.00. The Morgan fingerprint density at radius 1 is 1.50 bits per heavy atom. The summed E-state index contributed by atoms with van der Waals surface area (Å²) in [6.45, 7) is 5.63. The third kappa shape index (κ3) is 2.85. The van der Waals surface area contributed by atoms with Gasteiger partial charge in [0.1, 0.15) is 0 Å². The van der Waals surface area contributed by atoms with Gasteiger partial charge in [0.15, 0.2) is 0 Å². The lowest BCUT2D eigenvalue weighted by molar-refractivity contribution is 0.379. The van der Waals surface area contributed by atoms with E-state index in [0.29, 0.717) is 6.04 Å². The van der Waals surface area contributed by atoms with Crippen molar-refractivity contribution in [1.29, 1.82) is 0 Å². The van der Waals surface area contributed by atoms with Crippen molar-refractivity contribution in [2.24, 2.45) is 0 Å². The first-order valence-corrected chi connectivity index (χ1v) is 6.51. The third-order valence-corrected chi connectivity index (χ3v) is 3.46. The number of hydrogen-bond acceptors (Lipinski definition) is 2. The Balaban J connectivity index is 1.86. The maximum atomic E-state index is 4.25. The number of aromatic nitrogens is 2. The number of imidazole rings is 1. The molecule has 0 spiro atoms. The number of nitrogens with zero attached hydrogens (tertiary/aromatic N) is 2. The third-order valence-electron chi connectivity index (χ3n) is 3.46. The van der Waals surface area contributed by atoms with Crippen LogP contribution in [0.4, 0.5) is 0 Å². The second kappa shape index (κ2) is 5.48. The molecule has 1 aliphatic heterocycles. The molecule has 0 amide bonds. The van der Waals surface area contributed by atoms with E-state index in [2.05, 4.69) is 28.7 Å². The van der Waals surface area contributed by atoms with Crippen LogP contribution in [0.25, 0.3) is 0 Å². The fourth-order valence-corrected chi connectivity index (χ4v) is 2.48. The van der Waals surface area contributed by atoms with E-state index in [9.17, 15) is 0 Å². The second-order valence-corrected chi connectivity index (χ2v) is 5.07. The van der Waals surface area contributed by atoms with Crippen molar-refractivity contribution in [2.45, 2.75) is 58.0 Å². The van der Waals surface area contributed by atoms with E-state index in [0.717, 1.165) is 12.5 Å². The number of hydrogen-bond donors (Lipinski definition) is 1. The van der Waals surface area contributed by atoms with Crippen molar-refractivity contribution in [2.75, 3.05) is 6.54 Å². The number of rotatable bonds is 4. The van der Waals surface area contributed by atoms with E-state index in [4.69, 9.17) is 0 Å². The van der Waals surface area contributed by atoms with E-state index in [-0.39, 0.29) is 0 Å². The highest BCUT2D eigenvalue weighted by Gasteiger charge is 2.13. The van der Waals surface area contributed by atoms with E-state index in [1.54, 1.807) is 0 Å². The summed E-state index contributed by atoms with van der Waals surface area (Å²) in [4.78, 5) is 4.25. The van der Waals surface area contributed by atoms with Crippen LogP contribution >= 0.6 is 0 Å². The Labute approximate surface area is 98.3 Å². The first-order chi connectivity index (χ1) is 7.77. The molecule has 1 aromatic rings. The van der Waals surface area contributed by atoms with Gasteiger partial charge in [-0.2, -0.15) is 0 Å². The van der Waals surface area contributed by atoms with Gasteiger partial charge >= 0.3 is 0 Å². The van der Waals surface area contributed by atoms with Gasteiger partial charge in [-0.15, -0.1) is 0 Å². The van der Waals surface area contributed by atoms with E-state index in [1.807, 2.05) is 12.5 Å². The normalized spacial score (nSPS) is 21.6. The highest BCUT2D eigenvalue weighted by Crippen LogP contribution is 2.15. The fourth-order valence-electron chi connectivity index (χ4n) is 2.48. The second-order valence-electron chi connectivity index (χ2n) is 5.07. The standard InChI is InChI=1S/C13H23N3/c1-11(2)16-10-14-9-13(16)7-6-12-5-3-4-8-15-12/h9-12,15H,3-8H2,1-2H3.